The molecule has 0 unspecified atom stereocenters. The summed E-state index contributed by atoms with van der Waals surface area (Å²) in [5.74, 6) is 1.33. The van der Waals surface area contributed by atoms with Crippen molar-refractivity contribution in [3.05, 3.63) is 53.2 Å². The predicted molar refractivity (Wildman–Crippen MR) is 100 cm³/mol. The number of rotatable bonds is 4. The largest absolute Gasteiger partial charge is 0.341 e. The summed E-state index contributed by atoms with van der Waals surface area (Å²) in [6.45, 7) is 6.41. The Morgan fingerprint density at radius 1 is 1.29 bits per heavy atom. The van der Waals surface area contributed by atoms with Crippen LogP contribution in [0.4, 0.5) is 4.39 Å². The van der Waals surface area contributed by atoms with Crippen molar-refractivity contribution in [1.29, 1.82) is 0 Å². The van der Waals surface area contributed by atoms with Crippen LogP contribution in [0.2, 0.25) is 0 Å². The van der Waals surface area contributed by atoms with Crippen molar-refractivity contribution in [3.8, 4) is 11.4 Å². The number of nitrogens with one attached hydrogen (secondary N) is 1. The highest BCUT2D eigenvalue weighted by atomic mass is 19.1. The average Bonchev–Trinajstić information content (AvgIpc) is 3.40. The maximum atomic E-state index is 13.2. The molecule has 4 rings (SSSR count). The first kappa shape index (κ1) is 18.3. The molecule has 0 saturated carbocycles. The van der Waals surface area contributed by atoms with E-state index in [2.05, 4.69) is 20.1 Å². The number of imidazole rings is 1. The number of H-pyrrole nitrogens is 1. The van der Waals surface area contributed by atoms with Crippen molar-refractivity contribution in [1.82, 2.24) is 25.0 Å². The molecule has 7 nitrogen and oxygen atoms in total. The van der Waals surface area contributed by atoms with Gasteiger partial charge in [-0.05, 0) is 44.0 Å². The van der Waals surface area contributed by atoms with E-state index in [-0.39, 0.29) is 23.7 Å². The van der Waals surface area contributed by atoms with E-state index in [9.17, 15) is 9.18 Å². The number of hydrogen-bond acceptors (Lipinski definition) is 5. The van der Waals surface area contributed by atoms with Crippen molar-refractivity contribution in [2.24, 2.45) is 0 Å². The third kappa shape index (κ3) is 3.30. The molecule has 0 spiro atoms. The second-order valence-electron chi connectivity index (χ2n) is 7.37. The lowest BCUT2D eigenvalue weighted by Gasteiger charge is -2.21. The Kier molecular flexibility index (Phi) is 4.70. The maximum Gasteiger partial charge on any atom is 0.275 e. The van der Waals surface area contributed by atoms with Gasteiger partial charge in [-0.3, -0.25) is 4.79 Å². The van der Waals surface area contributed by atoms with Crippen LogP contribution in [0.1, 0.15) is 66.5 Å². The first-order valence-electron chi connectivity index (χ1n) is 9.41. The molecule has 1 atom stereocenters. The van der Waals surface area contributed by atoms with Gasteiger partial charge < -0.3 is 14.4 Å². The maximum absolute atomic E-state index is 13.2. The van der Waals surface area contributed by atoms with Gasteiger partial charge in [-0.15, -0.1) is 0 Å². The van der Waals surface area contributed by atoms with Gasteiger partial charge in [0, 0.05) is 23.7 Å². The van der Waals surface area contributed by atoms with Crippen LogP contribution in [0.25, 0.3) is 11.4 Å². The smallest absolute Gasteiger partial charge is 0.275 e. The predicted octanol–water partition coefficient (Wildman–Crippen LogP) is 4.01. The molecule has 146 valence electrons. The fraction of sp³-hybridized carbons (Fsp3) is 0.400. The first-order valence-corrected chi connectivity index (χ1v) is 9.41. The van der Waals surface area contributed by atoms with E-state index in [0.29, 0.717) is 35.5 Å². The summed E-state index contributed by atoms with van der Waals surface area (Å²) < 4.78 is 18.6. The number of halogens is 1. The minimum Gasteiger partial charge on any atom is -0.341 e. The molecule has 0 aliphatic carbocycles. The second-order valence-corrected chi connectivity index (χ2v) is 7.37. The number of aryl methyl sites for hydroxylation is 1. The van der Waals surface area contributed by atoms with E-state index in [4.69, 9.17) is 4.52 Å². The zero-order chi connectivity index (χ0) is 19.8. The van der Waals surface area contributed by atoms with Gasteiger partial charge in [0.15, 0.2) is 5.82 Å². The van der Waals surface area contributed by atoms with Crippen molar-refractivity contribution in [3.63, 3.8) is 0 Å². The average molecular weight is 383 g/mol. The van der Waals surface area contributed by atoms with Crippen molar-refractivity contribution >= 4 is 5.91 Å². The third-order valence-electron chi connectivity index (χ3n) is 4.98. The molecule has 1 aliphatic heterocycles. The third-order valence-corrected chi connectivity index (χ3v) is 4.98. The van der Waals surface area contributed by atoms with Gasteiger partial charge in [0.2, 0.25) is 5.89 Å². The fourth-order valence-corrected chi connectivity index (χ4v) is 3.43. The molecule has 2 aromatic heterocycles. The van der Waals surface area contributed by atoms with Crippen LogP contribution in [0.5, 0.6) is 0 Å². The summed E-state index contributed by atoms with van der Waals surface area (Å²) in [5, 5.41) is 4.02. The van der Waals surface area contributed by atoms with E-state index in [1.807, 2.05) is 20.8 Å². The quantitative estimate of drug-likeness (QED) is 0.735. The number of likely N-dealkylation sites (tertiary alicyclic amines) is 1. The lowest BCUT2D eigenvalue weighted by Crippen LogP contribution is -2.31. The molecule has 3 heterocycles. The van der Waals surface area contributed by atoms with E-state index in [1.165, 1.54) is 12.1 Å². The van der Waals surface area contributed by atoms with Gasteiger partial charge in [-0.1, -0.05) is 19.0 Å². The summed E-state index contributed by atoms with van der Waals surface area (Å²) in [5.41, 5.74) is 1.75. The van der Waals surface area contributed by atoms with Crippen LogP contribution >= 0.6 is 0 Å². The van der Waals surface area contributed by atoms with Gasteiger partial charge in [0.1, 0.15) is 23.4 Å². The molecule has 1 aliphatic rings. The van der Waals surface area contributed by atoms with Crippen molar-refractivity contribution in [2.75, 3.05) is 6.54 Å². The Morgan fingerprint density at radius 2 is 2.04 bits per heavy atom. The Morgan fingerprint density at radius 3 is 2.71 bits per heavy atom. The van der Waals surface area contributed by atoms with Crippen LogP contribution in [0.15, 0.2) is 28.8 Å². The highest BCUT2D eigenvalue weighted by Gasteiger charge is 2.36. The van der Waals surface area contributed by atoms with E-state index in [1.54, 1.807) is 17.0 Å². The molecular formula is C20H22FN5O2. The number of aromatic amines is 1. The topological polar surface area (TPSA) is 87.9 Å². The van der Waals surface area contributed by atoms with Gasteiger partial charge in [-0.2, -0.15) is 4.98 Å². The Labute approximate surface area is 162 Å². The van der Waals surface area contributed by atoms with Crippen LogP contribution in [0.3, 0.4) is 0 Å². The van der Waals surface area contributed by atoms with E-state index < -0.39 is 0 Å². The van der Waals surface area contributed by atoms with Crippen LogP contribution < -0.4 is 0 Å². The zero-order valence-corrected chi connectivity index (χ0v) is 16.1. The molecule has 3 aromatic rings. The summed E-state index contributed by atoms with van der Waals surface area (Å²) in [7, 11) is 0. The first-order chi connectivity index (χ1) is 13.4. The van der Waals surface area contributed by atoms with Gasteiger partial charge in [0.25, 0.3) is 5.91 Å². The fourth-order valence-electron chi connectivity index (χ4n) is 3.43. The van der Waals surface area contributed by atoms with Gasteiger partial charge in [-0.25, -0.2) is 9.37 Å². The molecule has 0 bridgehead atoms. The van der Waals surface area contributed by atoms with Crippen molar-refractivity contribution in [2.45, 2.75) is 45.6 Å². The SMILES string of the molecule is Cc1[nH]c(-c2ccc(F)cc2)nc1C(=O)N1CCC[C@H]1c1nc(C(C)C)no1. The Bertz CT molecular complexity index is 992. The minimum atomic E-state index is -0.316. The lowest BCUT2D eigenvalue weighted by molar-refractivity contribution is 0.0704. The lowest BCUT2D eigenvalue weighted by atomic mass is 10.2. The highest BCUT2D eigenvalue weighted by Crippen LogP contribution is 2.33. The Balaban J connectivity index is 1.60. The Hall–Kier alpha value is -3.03. The number of hydrogen-bond donors (Lipinski definition) is 1. The number of benzene rings is 1. The number of nitrogens with zero attached hydrogens (tertiary/aromatic N) is 4. The molecule has 28 heavy (non-hydrogen) atoms. The zero-order valence-electron chi connectivity index (χ0n) is 16.1. The monoisotopic (exact) mass is 383 g/mol. The molecule has 0 radical (unpaired) electrons. The molecule has 1 N–H and O–H groups in total. The normalized spacial score (nSPS) is 16.9. The van der Waals surface area contributed by atoms with Crippen LogP contribution in [-0.2, 0) is 0 Å². The number of carbonyl (C=O) groups excluding carboxylic acids is 1. The molecule has 1 fully saturated rings. The minimum absolute atomic E-state index is 0.162. The molecule has 1 amide bonds. The van der Waals surface area contributed by atoms with Crippen molar-refractivity contribution < 1.29 is 13.7 Å². The number of carbonyl (C=O) groups is 1. The van der Waals surface area contributed by atoms with E-state index in [0.717, 1.165) is 18.4 Å². The molecule has 1 saturated heterocycles. The van der Waals surface area contributed by atoms with Gasteiger partial charge in [0.05, 0.1) is 0 Å². The van der Waals surface area contributed by atoms with Crippen LogP contribution in [-0.4, -0.2) is 37.5 Å². The summed E-state index contributed by atoms with van der Waals surface area (Å²) >= 11 is 0. The molecule has 1 aromatic carbocycles. The van der Waals surface area contributed by atoms with Gasteiger partial charge >= 0.3 is 0 Å². The number of aromatic nitrogens is 4. The summed E-state index contributed by atoms with van der Waals surface area (Å²) in [6.07, 6.45) is 1.64. The van der Waals surface area contributed by atoms with E-state index >= 15 is 0 Å². The highest BCUT2D eigenvalue weighted by molar-refractivity contribution is 5.94. The molecule has 8 heteroatoms. The standard InChI is InChI=1S/C20H22FN5O2/c1-11(2)17-24-19(28-25-17)15-5-4-10-26(15)20(27)16-12(3)22-18(23-16)13-6-8-14(21)9-7-13/h6-9,11,15H,4-5,10H2,1-3H3,(H,22,23)/t15-/m0/s1. The molecular weight excluding hydrogens is 361 g/mol. The summed E-state index contributed by atoms with van der Waals surface area (Å²) in [4.78, 5) is 27.0. The summed E-state index contributed by atoms with van der Waals surface area (Å²) in [6, 6.07) is 5.76. The second kappa shape index (κ2) is 7.18. The number of amides is 1. The van der Waals surface area contributed by atoms with Crippen LogP contribution in [0, 0.1) is 12.7 Å².